The van der Waals surface area contributed by atoms with Gasteiger partial charge < -0.3 is 10.1 Å². The van der Waals surface area contributed by atoms with E-state index in [0.717, 1.165) is 12.3 Å². The maximum absolute atomic E-state index is 5.55. The monoisotopic (exact) mass is 283 g/mol. The molecule has 0 aromatic heterocycles. The van der Waals surface area contributed by atoms with E-state index >= 15 is 0 Å². The Balaban J connectivity index is 2.17. The molecule has 112 valence electrons. The minimum atomic E-state index is 0.272. The molecule has 0 fully saturated rings. The second-order valence-corrected chi connectivity index (χ2v) is 5.52. The summed E-state index contributed by atoms with van der Waals surface area (Å²) in [6, 6.07) is 15.3. The number of anilines is 1. The fourth-order valence-electron chi connectivity index (χ4n) is 2.62. The summed E-state index contributed by atoms with van der Waals surface area (Å²) in [6.07, 6.45) is 0. The molecule has 1 atom stereocenters. The van der Waals surface area contributed by atoms with Crippen molar-refractivity contribution in [2.45, 2.75) is 40.3 Å². The van der Waals surface area contributed by atoms with Gasteiger partial charge in [-0.2, -0.15) is 0 Å². The molecule has 0 spiro atoms. The van der Waals surface area contributed by atoms with Crippen LogP contribution in [-0.2, 0) is 11.3 Å². The van der Waals surface area contributed by atoms with Crippen molar-refractivity contribution in [2.24, 2.45) is 0 Å². The van der Waals surface area contributed by atoms with E-state index in [-0.39, 0.29) is 6.04 Å². The predicted molar refractivity (Wildman–Crippen MR) is 89.7 cm³/mol. The third-order valence-corrected chi connectivity index (χ3v) is 3.74. The summed E-state index contributed by atoms with van der Waals surface area (Å²) in [4.78, 5) is 0. The molecule has 2 aromatic carbocycles. The zero-order valence-electron chi connectivity index (χ0n) is 13.4. The molecule has 0 aliphatic rings. The lowest BCUT2D eigenvalue weighted by Gasteiger charge is -2.20. The number of hydrogen-bond acceptors (Lipinski definition) is 2. The van der Waals surface area contributed by atoms with Crippen LogP contribution in [0.5, 0.6) is 0 Å². The van der Waals surface area contributed by atoms with Crippen molar-refractivity contribution < 1.29 is 4.74 Å². The summed E-state index contributed by atoms with van der Waals surface area (Å²) in [7, 11) is 0. The molecule has 0 saturated carbocycles. The number of rotatable bonds is 6. The molecule has 0 aliphatic carbocycles. The number of benzene rings is 2. The van der Waals surface area contributed by atoms with E-state index in [0.29, 0.717) is 6.61 Å². The normalized spacial score (nSPS) is 12.2. The quantitative estimate of drug-likeness (QED) is 0.804. The highest BCUT2D eigenvalue weighted by atomic mass is 16.5. The summed E-state index contributed by atoms with van der Waals surface area (Å²) < 4.78 is 5.55. The average Bonchev–Trinajstić information content (AvgIpc) is 2.46. The van der Waals surface area contributed by atoms with Gasteiger partial charge in [0.2, 0.25) is 0 Å². The molecule has 2 rings (SSSR count). The van der Waals surface area contributed by atoms with E-state index in [4.69, 9.17) is 4.74 Å². The van der Waals surface area contributed by atoms with Crippen LogP contribution in [0.1, 0.15) is 42.1 Å². The smallest absolute Gasteiger partial charge is 0.0736 e. The van der Waals surface area contributed by atoms with Crippen LogP contribution in [0.4, 0.5) is 5.69 Å². The van der Waals surface area contributed by atoms with Crippen LogP contribution in [0.25, 0.3) is 0 Å². The maximum Gasteiger partial charge on any atom is 0.0736 e. The van der Waals surface area contributed by atoms with Gasteiger partial charge in [-0.05, 0) is 44.9 Å². The molecule has 1 N–H and O–H groups in total. The standard InChI is InChI=1S/C19H25NO/c1-5-21-13-17-8-6-7-9-19(17)20-16(4)18-11-10-14(2)12-15(18)3/h6-12,16,20H,5,13H2,1-4H3. The second-order valence-electron chi connectivity index (χ2n) is 5.52. The summed E-state index contributed by atoms with van der Waals surface area (Å²) >= 11 is 0. The Morgan fingerprint density at radius 1 is 1.10 bits per heavy atom. The summed E-state index contributed by atoms with van der Waals surface area (Å²) in [5.41, 5.74) is 6.33. The van der Waals surface area contributed by atoms with Gasteiger partial charge in [0.05, 0.1) is 6.61 Å². The zero-order valence-corrected chi connectivity index (χ0v) is 13.4. The minimum absolute atomic E-state index is 0.272. The number of hydrogen-bond donors (Lipinski definition) is 1. The average molecular weight is 283 g/mol. The van der Waals surface area contributed by atoms with E-state index in [1.54, 1.807) is 0 Å². The fourth-order valence-corrected chi connectivity index (χ4v) is 2.62. The van der Waals surface area contributed by atoms with Crippen molar-refractivity contribution in [3.8, 4) is 0 Å². The Bertz CT molecular complexity index is 592. The van der Waals surface area contributed by atoms with Gasteiger partial charge in [-0.3, -0.25) is 0 Å². The van der Waals surface area contributed by atoms with Crippen LogP contribution in [-0.4, -0.2) is 6.61 Å². The molecule has 0 bridgehead atoms. The zero-order chi connectivity index (χ0) is 15.2. The van der Waals surface area contributed by atoms with Crippen LogP contribution >= 0.6 is 0 Å². The van der Waals surface area contributed by atoms with Gasteiger partial charge >= 0.3 is 0 Å². The second kappa shape index (κ2) is 7.28. The third kappa shape index (κ3) is 4.08. The molecule has 0 saturated heterocycles. The van der Waals surface area contributed by atoms with Crippen LogP contribution in [0, 0.1) is 13.8 Å². The first-order chi connectivity index (χ1) is 10.1. The summed E-state index contributed by atoms with van der Waals surface area (Å²) in [5.74, 6) is 0. The molecule has 2 aromatic rings. The van der Waals surface area contributed by atoms with E-state index in [2.05, 4.69) is 68.6 Å². The highest BCUT2D eigenvalue weighted by molar-refractivity contribution is 5.53. The fraction of sp³-hybridized carbons (Fsp3) is 0.368. The van der Waals surface area contributed by atoms with Crippen molar-refractivity contribution in [3.63, 3.8) is 0 Å². The van der Waals surface area contributed by atoms with E-state index < -0.39 is 0 Å². The molecule has 0 aliphatic heterocycles. The lowest BCUT2D eigenvalue weighted by atomic mass is 10.00. The van der Waals surface area contributed by atoms with Gasteiger partial charge in [0, 0.05) is 23.9 Å². The Morgan fingerprint density at radius 2 is 1.86 bits per heavy atom. The van der Waals surface area contributed by atoms with Gasteiger partial charge in [-0.25, -0.2) is 0 Å². The molecular weight excluding hydrogens is 258 g/mol. The molecule has 1 unspecified atom stereocenters. The highest BCUT2D eigenvalue weighted by Gasteiger charge is 2.10. The molecule has 0 radical (unpaired) electrons. The van der Waals surface area contributed by atoms with Gasteiger partial charge in [-0.15, -0.1) is 0 Å². The number of nitrogens with one attached hydrogen (secondary N) is 1. The summed E-state index contributed by atoms with van der Waals surface area (Å²) in [6.45, 7) is 9.92. The van der Waals surface area contributed by atoms with Crippen molar-refractivity contribution in [2.75, 3.05) is 11.9 Å². The van der Waals surface area contributed by atoms with E-state index in [1.807, 2.05) is 6.92 Å². The van der Waals surface area contributed by atoms with Crippen molar-refractivity contribution in [3.05, 3.63) is 64.7 Å². The maximum atomic E-state index is 5.55. The Morgan fingerprint density at radius 3 is 2.57 bits per heavy atom. The summed E-state index contributed by atoms with van der Waals surface area (Å²) in [5, 5.41) is 3.62. The number of para-hydroxylation sites is 1. The topological polar surface area (TPSA) is 21.3 Å². The van der Waals surface area contributed by atoms with Gasteiger partial charge in [0.1, 0.15) is 0 Å². The number of aryl methyl sites for hydroxylation is 2. The molecule has 2 nitrogen and oxygen atoms in total. The molecule has 21 heavy (non-hydrogen) atoms. The predicted octanol–water partition coefficient (Wildman–Crippen LogP) is 5.01. The Labute approximate surface area is 128 Å². The SMILES string of the molecule is CCOCc1ccccc1NC(C)c1ccc(C)cc1C. The van der Waals surface area contributed by atoms with Crippen molar-refractivity contribution >= 4 is 5.69 Å². The first-order valence-electron chi connectivity index (χ1n) is 7.61. The van der Waals surface area contributed by atoms with Crippen LogP contribution < -0.4 is 5.32 Å². The van der Waals surface area contributed by atoms with Crippen LogP contribution in [0.15, 0.2) is 42.5 Å². The van der Waals surface area contributed by atoms with Crippen molar-refractivity contribution in [1.82, 2.24) is 0 Å². The molecule has 2 heteroatoms. The molecular formula is C19H25NO. The Kier molecular flexibility index (Phi) is 5.40. The van der Waals surface area contributed by atoms with Crippen molar-refractivity contribution in [1.29, 1.82) is 0 Å². The van der Waals surface area contributed by atoms with Gasteiger partial charge in [0.15, 0.2) is 0 Å². The van der Waals surface area contributed by atoms with Crippen LogP contribution in [0.2, 0.25) is 0 Å². The van der Waals surface area contributed by atoms with Crippen LogP contribution in [0.3, 0.4) is 0 Å². The lowest BCUT2D eigenvalue weighted by Crippen LogP contribution is -2.10. The third-order valence-electron chi connectivity index (χ3n) is 3.74. The largest absolute Gasteiger partial charge is 0.378 e. The van der Waals surface area contributed by atoms with Gasteiger partial charge in [0.25, 0.3) is 0 Å². The molecule has 0 amide bonds. The highest BCUT2D eigenvalue weighted by Crippen LogP contribution is 2.25. The van der Waals surface area contributed by atoms with Gasteiger partial charge in [-0.1, -0.05) is 42.0 Å². The first-order valence-corrected chi connectivity index (χ1v) is 7.61. The number of ether oxygens (including phenoxy) is 1. The Hall–Kier alpha value is -1.80. The molecule has 0 heterocycles. The minimum Gasteiger partial charge on any atom is -0.378 e. The lowest BCUT2D eigenvalue weighted by molar-refractivity contribution is 0.134. The van der Waals surface area contributed by atoms with E-state index in [9.17, 15) is 0 Å². The first kappa shape index (κ1) is 15.6. The van der Waals surface area contributed by atoms with E-state index in [1.165, 1.54) is 22.3 Å².